The third-order valence-corrected chi connectivity index (χ3v) is 5.71. The fourth-order valence-electron chi connectivity index (χ4n) is 3.69. The maximum absolute atomic E-state index is 5.61. The molecule has 1 N–H and O–H groups in total. The monoisotopic (exact) mass is 434 g/mol. The number of benzene rings is 2. The van der Waals surface area contributed by atoms with Crippen LogP contribution in [-0.4, -0.2) is 52.1 Å². The molecule has 2 aromatic rings. The Morgan fingerprint density at radius 1 is 1.00 bits per heavy atom. The number of piperazine rings is 1. The van der Waals surface area contributed by atoms with Crippen LogP contribution in [0.25, 0.3) is 0 Å². The maximum atomic E-state index is 5.61. The number of ether oxygens (including phenoxy) is 4. The van der Waals surface area contributed by atoms with Crippen molar-refractivity contribution in [2.75, 3.05) is 47.2 Å². The number of fused-ring (bicyclic) bond motifs is 1. The van der Waals surface area contributed by atoms with Gasteiger partial charge in [0.05, 0.1) is 20.3 Å². The van der Waals surface area contributed by atoms with Crippen molar-refractivity contribution >= 4 is 15.9 Å². The zero-order valence-electron chi connectivity index (χ0n) is 15.5. The lowest BCUT2D eigenvalue weighted by molar-refractivity contribution is 0.173. The van der Waals surface area contributed by atoms with E-state index in [2.05, 4.69) is 44.3 Å². The van der Waals surface area contributed by atoms with Gasteiger partial charge in [0, 0.05) is 30.7 Å². The first-order valence-corrected chi connectivity index (χ1v) is 9.76. The molecule has 1 saturated heterocycles. The molecule has 0 aromatic heterocycles. The number of nitrogens with one attached hydrogen (secondary N) is 1. The number of rotatable bonds is 5. The summed E-state index contributed by atoms with van der Waals surface area (Å²) in [4.78, 5) is 2.47. The number of methoxy groups -OCH3 is 2. The Labute approximate surface area is 167 Å². The van der Waals surface area contributed by atoms with Crippen LogP contribution in [0.2, 0.25) is 0 Å². The summed E-state index contributed by atoms with van der Waals surface area (Å²) < 4.78 is 23.1. The summed E-state index contributed by atoms with van der Waals surface area (Å²) in [5.41, 5.74) is 2.29. The summed E-state index contributed by atoms with van der Waals surface area (Å²) in [6.45, 7) is 4.12. The minimum Gasteiger partial charge on any atom is -0.493 e. The molecule has 0 bridgehead atoms. The summed E-state index contributed by atoms with van der Waals surface area (Å²) in [5.74, 6) is 3.02. The van der Waals surface area contributed by atoms with Crippen molar-refractivity contribution < 1.29 is 18.9 Å². The average Bonchev–Trinajstić information content (AvgIpc) is 3.18. The SMILES string of the molecule is COc1cc(Br)c(C(c2ccc3c(c2)OCO3)N2CCNCC2)cc1OC. The molecule has 2 aromatic carbocycles. The van der Waals surface area contributed by atoms with Crippen molar-refractivity contribution in [1.29, 1.82) is 0 Å². The van der Waals surface area contributed by atoms with E-state index < -0.39 is 0 Å². The molecule has 1 unspecified atom stereocenters. The fraction of sp³-hybridized carbons (Fsp3) is 0.400. The predicted octanol–water partition coefficient (Wildman–Crippen LogP) is 3.19. The largest absolute Gasteiger partial charge is 0.493 e. The zero-order chi connectivity index (χ0) is 18.8. The lowest BCUT2D eigenvalue weighted by Crippen LogP contribution is -2.45. The van der Waals surface area contributed by atoms with Gasteiger partial charge in [0.25, 0.3) is 0 Å². The van der Waals surface area contributed by atoms with Crippen molar-refractivity contribution in [3.05, 3.63) is 45.9 Å². The van der Waals surface area contributed by atoms with E-state index in [1.54, 1.807) is 14.2 Å². The second-order valence-electron chi connectivity index (χ2n) is 6.53. The highest BCUT2D eigenvalue weighted by molar-refractivity contribution is 9.10. The molecule has 0 saturated carbocycles. The molecular weight excluding hydrogens is 412 g/mol. The average molecular weight is 435 g/mol. The van der Waals surface area contributed by atoms with Gasteiger partial charge in [0.2, 0.25) is 6.79 Å². The Balaban J connectivity index is 1.81. The van der Waals surface area contributed by atoms with Gasteiger partial charge in [-0.05, 0) is 35.4 Å². The van der Waals surface area contributed by atoms with Crippen molar-refractivity contribution in [2.45, 2.75) is 6.04 Å². The predicted molar refractivity (Wildman–Crippen MR) is 106 cm³/mol. The molecular formula is C20H23BrN2O4. The standard InChI is InChI=1S/C20H23BrN2O4/c1-24-17-10-14(15(21)11-18(17)25-2)20(23-7-5-22-6-8-23)13-3-4-16-19(9-13)27-12-26-16/h3-4,9-11,20,22H,5-8,12H2,1-2H3. The van der Waals surface area contributed by atoms with Gasteiger partial charge in [-0.15, -0.1) is 0 Å². The van der Waals surface area contributed by atoms with Crippen molar-refractivity contribution in [2.24, 2.45) is 0 Å². The maximum Gasteiger partial charge on any atom is 0.231 e. The number of halogens is 1. The number of hydrogen-bond acceptors (Lipinski definition) is 6. The smallest absolute Gasteiger partial charge is 0.231 e. The van der Waals surface area contributed by atoms with Crippen molar-refractivity contribution in [1.82, 2.24) is 10.2 Å². The summed E-state index contributed by atoms with van der Waals surface area (Å²) in [5, 5.41) is 3.43. The lowest BCUT2D eigenvalue weighted by Gasteiger charge is -2.36. The summed E-state index contributed by atoms with van der Waals surface area (Å²) >= 11 is 3.74. The highest BCUT2D eigenvalue weighted by Crippen LogP contribution is 2.43. The Morgan fingerprint density at radius 2 is 1.70 bits per heavy atom. The van der Waals surface area contributed by atoms with Crippen LogP contribution in [0.1, 0.15) is 17.2 Å². The van der Waals surface area contributed by atoms with E-state index in [0.29, 0.717) is 5.75 Å². The Hall–Kier alpha value is -1.96. The van der Waals surface area contributed by atoms with Gasteiger partial charge in [-0.25, -0.2) is 0 Å². The minimum atomic E-state index is 0.0655. The van der Waals surface area contributed by atoms with Crippen LogP contribution in [0.5, 0.6) is 23.0 Å². The van der Waals surface area contributed by atoms with E-state index in [9.17, 15) is 0 Å². The van der Waals surface area contributed by atoms with Gasteiger partial charge in [0.1, 0.15) is 0 Å². The minimum absolute atomic E-state index is 0.0655. The summed E-state index contributed by atoms with van der Waals surface area (Å²) in [6.07, 6.45) is 0. The van der Waals surface area contributed by atoms with Crippen molar-refractivity contribution in [3.63, 3.8) is 0 Å². The molecule has 1 fully saturated rings. The molecule has 7 heteroatoms. The van der Waals surface area contributed by atoms with Crippen molar-refractivity contribution in [3.8, 4) is 23.0 Å². The molecule has 0 spiro atoms. The first-order chi connectivity index (χ1) is 13.2. The highest BCUT2D eigenvalue weighted by Gasteiger charge is 2.28. The molecule has 0 radical (unpaired) electrons. The van der Waals surface area contributed by atoms with Crippen LogP contribution in [0.4, 0.5) is 0 Å². The van der Waals surface area contributed by atoms with Gasteiger partial charge in [-0.2, -0.15) is 0 Å². The quantitative estimate of drug-likeness (QED) is 0.779. The van der Waals surface area contributed by atoms with E-state index >= 15 is 0 Å². The lowest BCUT2D eigenvalue weighted by atomic mass is 9.95. The number of nitrogens with zero attached hydrogens (tertiary/aromatic N) is 1. The Bertz CT molecular complexity index is 824. The van der Waals surface area contributed by atoms with E-state index in [1.807, 2.05) is 12.1 Å². The van der Waals surface area contributed by atoms with Crippen LogP contribution >= 0.6 is 15.9 Å². The Kier molecular flexibility index (Phi) is 5.43. The van der Waals surface area contributed by atoms with Gasteiger partial charge >= 0.3 is 0 Å². The Morgan fingerprint density at radius 3 is 2.44 bits per heavy atom. The van der Waals surface area contributed by atoms with Crippen LogP contribution in [0.3, 0.4) is 0 Å². The molecule has 2 heterocycles. The van der Waals surface area contributed by atoms with Gasteiger partial charge in [0.15, 0.2) is 23.0 Å². The molecule has 1 atom stereocenters. The molecule has 0 aliphatic carbocycles. The van der Waals surface area contributed by atoms with Crippen LogP contribution in [0.15, 0.2) is 34.8 Å². The van der Waals surface area contributed by atoms with Gasteiger partial charge in [-0.1, -0.05) is 22.0 Å². The normalized spacial score (nSPS) is 17.6. The first-order valence-electron chi connectivity index (χ1n) is 8.97. The topological polar surface area (TPSA) is 52.2 Å². The third kappa shape index (κ3) is 3.59. The molecule has 2 aliphatic rings. The van der Waals surface area contributed by atoms with Crippen LogP contribution in [0, 0.1) is 0 Å². The van der Waals surface area contributed by atoms with Gasteiger partial charge < -0.3 is 24.3 Å². The molecule has 27 heavy (non-hydrogen) atoms. The fourth-order valence-corrected chi connectivity index (χ4v) is 4.23. The van der Waals surface area contributed by atoms with E-state index in [0.717, 1.165) is 59.0 Å². The first kappa shape index (κ1) is 18.4. The van der Waals surface area contributed by atoms with E-state index in [1.165, 1.54) is 0 Å². The molecule has 4 rings (SSSR count). The highest BCUT2D eigenvalue weighted by atomic mass is 79.9. The summed E-state index contributed by atoms with van der Waals surface area (Å²) in [7, 11) is 3.31. The van der Waals surface area contributed by atoms with E-state index in [4.69, 9.17) is 18.9 Å². The molecule has 144 valence electrons. The summed E-state index contributed by atoms with van der Waals surface area (Å²) in [6, 6.07) is 10.3. The number of hydrogen-bond donors (Lipinski definition) is 1. The van der Waals surface area contributed by atoms with Gasteiger partial charge in [-0.3, -0.25) is 4.90 Å². The molecule has 0 amide bonds. The molecule has 2 aliphatic heterocycles. The van der Waals surface area contributed by atoms with E-state index in [-0.39, 0.29) is 12.8 Å². The van der Waals surface area contributed by atoms with Crippen LogP contribution in [-0.2, 0) is 0 Å². The second kappa shape index (κ2) is 7.96. The molecule has 6 nitrogen and oxygen atoms in total. The zero-order valence-corrected chi connectivity index (χ0v) is 17.0. The second-order valence-corrected chi connectivity index (χ2v) is 7.38. The van der Waals surface area contributed by atoms with Crippen LogP contribution < -0.4 is 24.3 Å². The third-order valence-electron chi connectivity index (χ3n) is 5.03.